The molecule has 0 aromatic carbocycles. The number of nitrogens with zero attached hydrogens (tertiary/aromatic N) is 4. The zero-order chi connectivity index (χ0) is 19.1. The van der Waals surface area contributed by atoms with E-state index in [1.807, 2.05) is 35.0 Å². The second-order valence-electron chi connectivity index (χ2n) is 6.04. The highest BCUT2D eigenvalue weighted by atomic mass is 32.1. The van der Waals surface area contributed by atoms with Crippen molar-refractivity contribution in [2.75, 3.05) is 13.6 Å². The summed E-state index contributed by atoms with van der Waals surface area (Å²) in [5, 5.41) is 9.65. The van der Waals surface area contributed by atoms with E-state index in [4.69, 9.17) is 0 Å². The molecule has 4 heterocycles. The summed E-state index contributed by atoms with van der Waals surface area (Å²) in [4.78, 5) is 51.8. The maximum Gasteiger partial charge on any atom is 0.334 e. The minimum absolute atomic E-state index is 0.296. The Morgan fingerprint density at radius 1 is 1.15 bits per heavy atom. The van der Waals surface area contributed by atoms with Crippen molar-refractivity contribution in [1.29, 1.82) is 0 Å². The maximum atomic E-state index is 12.9. The predicted octanol–water partition coefficient (Wildman–Crippen LogP) is 1.91. The Kier molecular flexibility index (Phi) is 4.36. The van der Waals surface area contributed by atoms with E-state index < -0.39 is 30.3 Å². The molecule has 1 atom stereocenters. The number of amides is 5. The van der Waals surface area contributed by atoms with Crippen molar-refractivity contribution in [1.82, 2.24) is 14.8 Å². The van der Waals surface area contributed by atoms with Crippen LogP contribution >= 0.6 is 22.7 Å². The van der Waals surface area contributed by atoms with Gasteiger partial charge in [-0.1, -0.05) is 12.1 Å². The number of likely N-dealkylation sites (N-methyl/N-ethyl adjacent to an activating group) is 1. The molecule has 2 aliphatic rings. The van der Waals surface area contributed by atoms with Gasteiger partial charge in [-0.05, 0) is 22.9 Å². The lowest BCUT2D eigenvalue weighted by atomic mass is 10.1. The lowest BCUT2D eigenvalue weighted by Crippen LogP contribution is -2.41. The van der Waals surface area contributed by atoms with Crippen molar-refractivity contribution in [2.45, 2.75) is 12.5 Å². The molecule has 27 heavy (non-hydrogen) atoms. The SMILES string of the molecule is CN1C(=O)C(=O)N(CC(=O)N2N=C(c3cccs3)CC2c2cccs2)C1=O. The normalized spacial score (nSPS) is 20.0. The van der Waals surface area contributed by atoms with Crippen LogP contribution in [0.5, 0.6) is 0 Å². The summed E-state index contributed by atoms with van der Waals surface area (Å²) in [6.07, 6.45) is 0.549. The van der Waals surface area contributed by atoms with E-state index in [2.05, 4.69) is 5.10 Å². The predicted molar refractivity (Wildman–Crippen MR) is 99.3 cm³/mol. The number of hydrogen-bond acceptors (Lipinski definition) is 7. The van der Waals surface area contributed by atoms with E-state index >= 15 is 0 Å². The van der Waals surface area contributed by atoms with Crippen LogP contribution in [0.4, 0.5) is 4.79 Å². The third kappa shape index (κ3) is 2.96. The molecule has 0 saturated carbocycles. The fourth-order valence-electron chi connectivity index (χ4n) is 3.00. The van der Waals surface area contributed by atoms with E-state index in [1.54, 1.807) is 0 Å². The van der Waals surface area contributed by atoms with Crippen molar-refractivity contribution in [3.05, 3.63) is 44.8 Å². The van der Waals surface area contributed by atoms with Gasteiger partial charge in [0.2, 0.25) is 0 Å². The van der Waals surface area contributed by atoms with Crippen LogP contribution in [-0.4, -0.2) is 57.9 Å². The summed E-state index contributed by atoms with van der Waals surface area (Å²) in [6, 6.07) is 6.57. The Morgan fingerprint density at radius 3 is 2.48 bits per heavy atom. The smallest absolute Gasteiger partial charge is 0.271 e. The number of urea groups is 1. The average Bonchev–Trinajstić information content (AvgIpc) is 3.43. The zero-order valence-corrected chi connectivity index (χ0v) is 15.8. The topological polar surface area (TPSA) is 90.4 Å². The number of rotatable bonds is 4. The number of imide groups is 2. The van der Waals surface area contributed by atoms with Gasteiger partial charge >= 0.3 is 17.8 Å². The van der Waals surface area contributed by atoms with Gasteiger partial charge in [0.15, 0.2) is 0 Å². The Labute approximate surface area is 162 Å². The highest BCUT2D eigenvalue weighted by Crippen LogP contribution is 2.36. The van der Waals surface area contributed by atoms with E-state index in [9.17, 15) is 19.2 Å². The van der Waals surface area contributed by atoms with Gasteiger partial charge in [-0.2, -0.15) is 5.10 Å². The third-order valence-electron chi connectivity index (χ3n) is 4.39. The summed E-state index contributed by atoms with van der Waals surface area (Å²) < 4.78 is 0. The summed E-state index contributed by atoms with van der Waals surface area (Å²) in [5.41, 5.74) is 0.781. The lowest BCUT2D eigenvalue weighted by molar-refractivity contribution is -0.144. The first-order valence-electron chi connectivity index (χ1n) is 8.07. The molecule has 1 saturated heterocycles. The summed E-state index contributed by atoms with van der Waals surface area (Å²) in [7, 11) is 1.21. The molecule has 8 nitrogen and oxygen atoms in total. The largest absolute Gasteiger partial charge is 0.334 e. The first-order valence-corrected chi connectivity index (χ1v) is 9.83. The van der Waals surface area contributed by atoms with Gasteiger partial charge in [-0.15, -0.1) is 22.7 Å². The molecule has 2 aromatic heterocycles. The van der Waals surface area contributed by atoms with Crippen LogP contribution < -0.4 is 0 Å². The molecular formula is C17H14N4O4S2. The lowest BCUT2D eigenvalue weighted by Gasteiger charge is -2.22. The van der Waals surface area contributed by atoms with Crippen LogP contribution in [0, 0.1) is 0 Å². The summed E-state index contributed by atoms with van der Waals surface area (Å²) in [5.74, 6) is -2.44. The van der Waals surface area contributed by atoms with Crippen molar-refractivity contribution >= 4 is 52.1 Å². The standard InChI is InChI=1S/C17H14N4O4S2/c1-19-15(23)16(24)20(17(19)25)9-14(22)21-11(13-5-3-7-27-13)8-10(18-21)12-4-2-6-26-12/h2-7,11H,8-9H2,1H3. The minimum Gasteiger partial charge on any atom is -0.271 e. The Hall–Kier alpha value is -2.85. The number of carbonyl (C=O) groups is 4. The molecule has 4 rings (SSSR count). The van der Waals surface area contributed by atoms with Gasteiger partial charge < -0.3 is 0 Å². The summed E-state index contributed by atoms with van der Waals surface area (Å²) >= 11 is 3.04. The third-order valence-corrected chi connectivity index (χ3v) is 6.28. The second-order valence-corrected chi connectivity index (χ2v) is 7.96. The van der Waals surface area contributed by atoms with Crippen LogP contribution in [0.2, 0.25) is 0 Å². The van der Waals surface area contributed by atoms with Crippen LogP contribution in [0.15, 0.2) is 40.1 Å². The van der Waals surface area contributed by atoms with E-state index in [0.29, 0.717) is 16.2 Å². The molecule has 1 fully saturated rings. The molecule has 138 valence electrons. The maximum absolute atomic E-state index is 12.9. The Morgan fingerprint density at radius 2 is 1.89 bits per heavy atom. The number of carbonyl (C=O) groups excluding carboxylic acids is 4. The quantitative estimate of drug-likeness (QED) is 0.577. The second kappa shape index (κ2) is 6.71. The van der Waals surface area contributed by atoms with E-state index in [1.165, 1.54) is 34.7 Å². The van der Waals surface area contributed by atoms with Crippen LogP contribution in [0.3, 0.4) is 0 Å². The number of thiophene rings is 2. The molecule has 0 radical (unpaired) electrons. The van der Waals surface area contributed by atoms with Crippen molar-refractivity contribution in [3.8, 4) is 0 Å². The van der Waals surface area contributed by atoms with Crippen molar-refractivity contribution in [2.24, 2.45) is 5.10 Å². The number of hydrazone groups is 1. The van der Waals surface area contributed by atoms with Crippen LogP contribution in [0.25, 0.3) is 0 Å². The summed E-state index contributed by atoms with van der Waals surface area (Å²) in [6.45, 7) is -0.517. The molecule has 0 aliphatic carbocycles. The Balaban J connectivity index is 1.60. The molecule has 2 aliphatic heterocycles. The highest BCUT2D eigenvalue weighted by molar-refractivity contribution is 7.12. The van der Waals surface area contributed by atoms with Gasteiger partial charge in [0, 0.05) is 18.3 Å². The monoisotopic (exact) mass is 402 g/mol. The fourth-order valence-corrected chi connectivity index (χ4v) is 4.53. The van der Waals surface area contributed by atoms with E-state index in [-0.39, 0.29) is 6.04 Å². The molecule has 5 amide bonds. The van der Waals surface area contributed by atoms with Crippen LogP contribution in [-0.2, 0) is 14.4 Å². The Bertz CT molecular complexity index is 952. The van der Waals surface area contributed by atoms with Gasteiger partial charge in [0.05, 0.1) is 16.6 Å². The highest BCUT2D eigenvalue weighted by Gasteiger charge is 2.44. The first-order chi connectivity index (χ1) is 13.0. The van der Waals surface area contributed by atoms with Gasteiger partial charge in [-0.25, -0.2) is 14.7 Å². The van der Waals surface area contributed by atoms with Crippen molar-refractivity contribution < 1.29 is 19.2 Å². The van der Waals surface area contributed by atoms with Gasteiger partial charge in [-0.3, -0.25) is 19.3 Å². The van der Waals surface area contributed by atoms with Crippen LogP contribution in [0.1, 0.15) is 22.2 Å². The van der Waals surface area contributed by atoms with Crippen molar-refractivity contribution in [3.63, 3.8) is 0 Å². The van der Waals surface area contributed by atoms with Gasteiger partial charge in [0.1, 0.15) is 6.54 Å². The molecule has 0 N–H and O–H groups in total. The zero-order valence-electron chi connectivity index (χ0n) is 14.2. The fraction of sp³-hybridized carbons (Fsp3) is 0.235. The van der Waals surface area contributed by atoms with Gasteiger partial charge in [0.25, 0.3) is 5.91 Å². The van der Waals surface area contributed by atoms with E-state index in [0.717, 1.165) is 15.5 Å². The molecule has 0 bridgehead atoms. The number of hydrogen-bond donors (Lipinski definition) is 0. The molecule has 0 spiro atoms. The molecule has 2 aromatic rings. The average molecular weight is 402 g/mol. The molecule has 10 heteroatoms. The molecular weight excluding hydrogens is 388 g/mol. The molecule has 1 unspecified atom stereocenters. The minimum atomic E-state index is -0.995. The first kappa shape index (κ1) is 17.6.